The molecule has 0 saturated heterocycles. The maximum absolute atomic E-state index is 13.5. The number of nitrogens with one attached hydrogen (secondary N) is 2. The molecule has 4 rings (SSSR count). The van der Waals surface area contributed by atoms with Crippen molar-refractivity contribution < 1.29 is 26.3 Å². The van der Waals surface area contributed by atoms with E-state index in [-0.39, 0.29) is 29.2 Å². The fourth-order valence-electron chi connectivity index (χ4n) is 4.76. The van der Waals surface area contributed by atoms with Gasteiger partial charge in [-0.25, -0.2) is 8.42 Å². The molecule has 1 aliphatic rings. The third-order valence-corrected chi connectivity index (χ3v) is 7.65. The third-order valence-electron chi connectivity index (χ3n) is 6.54. The smallest absolute Gasteiger partial charge is 0.406 e. The summed E-state index contributed by atoms with van der Waals surface area (Å²) in [5.74, 6) is 6.07. The number of aromatic nitrogens is 1. The van der Waals surface area contributed by atoms with E-state index in [1.807, 2.05) is 6.07 Å². The largest absolute Gasteiger partial charge is 0.495 e. The Bertz CT molecular complexity index is 1470. The number of nitrogens with two attached hydrogens (primary N) is 1. The lowest BCUT2D eigenvalue weighted by atomic mass is 9.91. The van der Waals surface area contributed by atoms with Gasteiger partial charge in [0.1, 0.15) is 12.3 Å². The standard InChI is InChI=1S/C27H31F3N4O3S/c1-37-26-16-21(38(2,35)36)11-12-24(26)32-13-5-8-20-15-22-23(33-19-7-3-6-18(31)14-19)9-4-10-25(22)34(20)17-27(28,29)30/h4,9-12,15-16,18-19,32-33H,3,6-7,13-14,17,31H2,1-2H3/t18-,19+/m1/s1. The molecule has 11 heteroatoms. The second kappa shape index (κ2) is 11.2. The number of halogens is 3. The van der Waals surface area contributed by atoms with Crippen molar-refractivity contribution in [1.29, 1.82) is 0 Å². The van der Waals surface area contributed by atoms with Crippen LogP contribution in [0.25, 0.3) is 10.9 Å². The molecule has 7 nitrogen and oxygen atoms in total. The minimum atomic E-state index is -4.42. The van der Waals surface area contributed by atoms with Crippen molar-refractivity contribution in [3.8, 4) is 17.6 Å². The average Bonchev–Trinajstić information content (AvgIpc) is 3.18. The van der Waals surface area contributed by atoms with Gasteiger partial charge >= 0.3 is 6.18 Å². The Kier molecular flexibility index (Phi) is 8.13. The molecule has 38 heavy (non-hydrogen) atoms. The SMILES string of the molecule is COc1cc(S(C)(=O)=O)ccc1NCC#Cc1cc2c(N[C@H]3CCC[C@@H](N)C3)cccc2n1CC(F)(F)F. The normalized spacial score (nSPS) is 18.1. The number of rotatable bonds is 7. The molecule has 204 valence electrons. The lowest BCUT2D eigenvalue weighted by Gasteiger charge is -2.28. The van der Waals surface area contributed by atoms with Gasteiger partial charge in [-0.2, -0.15) is 13.2 Å². The molecule has 2 atom stereocenters. The number of sulfone groups is 1. The van der Waals surface area contributed by atoms with E-state index in [0.717, 1.165) is 37.6 Å². The van der Waals surface area contributed by atoms with Crippen LogP contribution in [0.5, 0.6) is 5.75 Å². The number of hydrogen-bond acceptors (Lipinski definition) is 6. The summed E-state index contributed by atoms with van der Waals surface area (Å²) in [5, 5.41) is 7.19. The van der Waals surface area contributed by atoms with Gasteiger partial charge in [0.25, 0.3) is 0 Å². The van der Waals surface area contributed by atoms with Gasteiger partial charge < -0.3 is 25.7 Å². The van der Waals surface area contributed by atoms with Crippen LogP contribution in [0.3, 0.4) is 0 Å². The van der Waals surface area contributed by atoms with Crippen molar-refractivity contribution >= 4 is 32.1 Å². The third kappa shape index (κ3) is 6.74. The van der Waals surface area contributed by atoms with Gasteiger partial charge in [-0.3, -0.25) is 0 Å². The molecule has 0 bridgehead atoms. The lowest BCUT2D eigenvalue weighted by Crippen LogP contribution is -2.34. The molecule has 1 fully saturated rings. The van der Waals surface area contributed by atoms with Gasteiger partial charge in [-0.15, -0.1) is 0 Å². The first-order valence-electron chi connectivity index (χ1n) is 12.3. The van der Waals surface area contributed by atoms with Crippen molar-refractivity contribution in [2.45, 2.75) is 55.4 Å². The van der Waals surface area contributed by atoms with Crippen molar-refractivity contribution in [3.63, 3.8) is 0 Å². The number of alkyl halides is 3. The number of ether oxygens (including phenoxy) is 1. The number of methoxy groups -OCH3 is 1. The van der Waals surface area contributed by atoms with Crippen LogP contribution in [0.1, 0.15) is 31.4 Å². The highest BCUT2D eigenvalue weighted by molar-refractivity contribution is 7.90. The maximum atomic E-state index is 13.5. The van der Waals surface area contributed by atoms with Crippen molar-refractivity contribution in [2.75, 3.05) is 30.5 Å². The van der Waals surface area contributed by atoms with Crippen molar-refractivity contribution in [1.82, 2.24) is 4.57 Å². The maximum Gasteiger partial charge on any atom is 0.406 e. The molecule has 1 saturated carbocycles. The molecule has 0 unspecified atom stereocenters. The number of hydrogen-bond donors (Lipinski definition) is 3. The van der Waals surface area contributed by atoms with Crippen molar-refractivity contribution in [2.24, 2.45) is 5.73 Å². The average molecular weight is 549 g/mol. The highest BCUT2D eigenvalue weighted by Crippen LogP contribution is 2.32. The van der Waals surface area contributed by atoms with Crippen LogP contribution in [0.4, 0.5) is 24.5 Å². The zero-order chi connectivity index (χ0) is 27.5. The van der Waals surface area contributed by atoms with Gasteiger partial charge in [0.05, 0.1) is 35.4 Å². The molecule has 4 N–H and O–H groups in total. The first kappa shape index (κ1) is 27.7. The number of benzene rings is 2. The predicted octanol–water partition coefficient (Wildman–Crippen LogP) is 4.76. The van der Waals surface area contributed by atoms with Crippen LogP contribution >= 0.6 is 0 Å². The Labute approximate surface area is 220 Å². The zero-order valence-electron chi connectivity index (χ0n) is 21.2. The van der Waals surface area contributed by atoms with E-state index < -0.39 is 22.6 Å². The van der Waals surface area contributed by atoms with Crippen LogP contribution in [0.15, 0.2) is 47.4 Å². The Morgan fingerprint density at radius 3 is 2.63 bits per heavy atom. The summed E-state index contributed by atoms with van der Waals surface area (Å²) < 4.78 is 70.5. The first-order valence-corrected chi connectivity index (χ1v) is 14.2. The second-order valence-electron chi connectivity index (χ2n) is 9.53. The van der Waals surface area contributed by atoms with E-state index in [2.05, 4.69) is 22.5 Å². The summed E-state index contributed by atoms with van der Waals surface area (Å²) in [4.78, 5) is 0.113. The highest BCUT2D eigenvalue weighted by atomic mass is 32.2. The molecular weight excluding hydrogens is 517 g/mol. The Morgan fingerprint density at radius 1 is 1.16 bits per heavy atom. The summed E-state index contributed by atoms with van der Waals surface area (Å²) in [6, 6.07) is 11.6. The minimum absolute atomic E-state index is 0.104. The summed E-state index contributed by atoms with van der Waals surface area (Å²) in [6.07, 6.45) is 0.439. The molecule has 0 radical (unpaired) electrons. The molecule has 3 aromatic rings. The molecule has 1 heterocycles. The van der Waals surface area contributed by atoms with Crippen LogP contribution in [-0.2, 0) is 16.4 Å². The molecular formula is C27H31F3N4O3S. The summed E-state index contributed by atoms with van der Waals surface area (Å²) in [6.45, 7) is -1.06. The Balaban J connectivity index is 1.60. The fourth-order valence-corrected chi connectivity index (χ4v) is 5.40. The van der Waals surface area contributed by atoms with Gasteiger partial charge in [0.15, 0.2) is 9.84 Å². The summed E-state index contributed by atoms with van der Waals surface area (Å²) in [7, 11) is -1.99. The van der Waals surface area contributed by atoms with Crippen LogP contribution in [0, 0.1) is 11.8 Å². The number of anilines is 2. The van der Waals surface area contributed by atoms with Crippen LogP contribution in [-0.4, -0.2) is 51.2 Å². The lowest BCUT2D eigenvalue weighted by molar-refractivity contribution is -0.140. The second-order valence-corrected chi connectivity index (χ2v) is 11.5. The van der Waals surface area contributed by atoms with Gasteiger partial charge in [-0.05, 0) is 61.9 Å². The molecule has 1 aliphatic carbocycles. The van der Waals surface area contributed by atoms with E-state index in [4.69, 9.17) is 10.5 Å². The van der Waals surface area contributed by atoms with E-state index in [9.17, 15) is 21.6 Å². The Morgan fingerprint density at radius 2 is 1.95 bits per heavy atom. The van der Waals surface area contributed by atoms with Crippen LogP contribution < -0.4 is 21.1 Å². The van der Waals surface area contributed by atoms with E-state index >= 15 is 0 Å². The fraction of sp³-hybridized carbons (Fsp3) is 0.407. The van der Waals surface area contributed by atoms with Crippen molar-refractivity contribution in [3.05, 3.63) is 48.2 Å². The molecule has 0 aliphatic heterocycles. The van der Waals surface area contributed by atoms with Crippen LogP contribution in [0.2, 0.25) is 0 Å². The minimum Gasteiger partial charge on any atom is -0.495 e. The van der Waals surface area contributed by atoms with E-state index in [0.29, 0.717) is 22.3 Å². The van der Waals surface area contributed by atoms with Gasteiger partial charge in [-0.1, -0.05) is 12.0 Å². The van der Waals surface area contributed by atoms with Gasteiger partial charge in [0, 0.05) is 35.5 Å². The molecule has 0 spiro atoms. The zero-order valence-corrected chi connectivity index (χ0v) is 22.0. The quantitative estimate of drug-likeness (QED) is 0.369. The highest BCUT2D eigenvalue weighted by Gasteiger charge is 2.30. The summed E-state index contributed by atoms with van der Waals surface area (Å²) >= 11 is 0. The Hall–Kier alpha value is -3.36. The van der Waals surface area contributed by atoms with E-state index in [1.165, 1.54) is 23.8 Å². The van der Waals surface area contributed by atoms with Gasteiger partial charge in [0.2, 0.25) is 0 Å². The number of fused-ring (bicyclic) bond motifs is 1. The monoisotopic (exact) mass is 548 g/mol. The predicted molar refractivity (Wildman–Crippen MR) is 143 cm³/mol. The summed E-state index contributed by atoms with van der Waals surface area (Å²) in [5.41, 5.74) is 8.09. The van der Waals surface area contributed by atoms with E-state index in [1.54, 1.807) is 24.3 Å². The first-order chi connectivity index (χ1) is 17.9. The molecule has 0 amide bonds. The number of nitrogens with zero attached hydrogens (tertiary/aromatic N) is 1. The molecule has 2 aromatic carbocycles. The molecule has 1 aromatic heterocycles. The topological polar surface area (TPSA) is 98.4 Å².